The average molecular weight is 425 g/mol. The van der Waals surface area contributed by atoms with E-state index < -0.39 is 0 Å². The van der Waals surface area contributed by atoms with Gasteiger partial charge in [-0.05, 0) is 48.2 Å². The summed E-state index contributed by atoms with van der Waals surface area (Å²) in [6.07, 6.45) is 3.51. The molecule has 0 fully saturated rings. The van der Waals surface area contributed by atoms with Crippen LogP contribution in [-0.4, -0.2) is 31.1 Å². The van der Waals surface area contributed by atoms with Crippen molar-refractivity contribution in [3.05, 3.63) is 77.9 Å². The van der Waals surface area contributed by atoms with Crippen LogP contribution in [0.25, 0.3) is 33.2 Å². The third kappa shape index (κ3) is 3.62. The van der Waals surface area contributed by atoms with E-state index in [-0.39, 0.29) is 17.8 Å². The van der Waals surface area contributed by atoms with E-state index in [1.165, 1.54) is 5.56 Å². The molecular formula is C25H24N6O. The number of fused-ring (bicyclic) bond motifs is 2. The molecule has 7 nitrogen and oxygen atoms in total. The molecule has 2 aromatic carbocycles. The second kappa shape index (κ2) is 7.92. The zero-order chi connectivity index (χ0) is 22.2. The quantitative estimate of drug-likeness (QED) is 0.365. The Morgan fingerprint density at radius 2 is 1.62 bits per heavy atom. The first kappa shape index (κ1) is 19.9. The van der Waals surface area contributed by atoms with Crippen molar-refractivity contribution in [1.82, 2.24) is 30.5 Å². The third-order valence-electron chi connectivity index (χ3n) is 5.76. The molecule has 160 valence electrons. The number of H-pyrrole nitrogens is 2. The minimum Gasteiger partial charge on any atom is -0.343 e. The zero-order valence-corrected chi connectivity index (χ0v) is 18.2. The van der Waals surface area contributed by atoms with Crippen LogP contribution in [0, 0.1) is 0 Å². The Balaban J connectivity index is 1.43. The zero-order valence-electron chi connectivity index (χ0n) is 18.2. The van der Waals surface area contributed by atoms with Crippen LogP contribution in [0.3, 0.4) is 0 Å². The third-order valence-corrected chi connectivity index (χ3v) is 5.76. The van der Waals surface area contributed by atoms with Crippen LogP contribution >= 0.6 is 0 Å². The molecule has 0 aliphatic rings. The summed E-state index contributed by atoms with van der Waals surface area (Å²) in [5, 5.41) is 10.4. The first-order valence-corrected chi connectivity index (χ1v) is 10.7. The molecule has 3 heterocycles. The highest BCUT2D eigenvalue weighted by molar-refractivity contribution is 6.02. The van der Waals surface area contributed by atoms with Gasteiger partial charge in [-0.25, -0.2) is 9.97 Å². The number of rotatable bonds is 5. The lowest BCUT2D eigenvalue weighted by atomic mass is 9.98. The fourth-order valence-corrected chi connectivity index (χ4v) is 3.90. The second-order valence-corrected chi connectivity index (χ2v) is 8.31. The largest absolute Gasteiger partial charge is 0.343 e. The first-order chi connectivity index (χ1) is 15.5. The lowest BCUT2D eigenvalue weighted by molar-refractivity contribution is 0.0930. The van der Waals surface area contributed by atoms with E-state index in [1.807, 2.05) is 43.3 Å². The topological polar surface area (TPSA) is 99.3 Å². The maximum Gasteiger partial charge on any atom is 0.289 e. The molecule has 0 aliphatic carbocycles. The Bertz CT molecular complexity index is 1420. The number of aromatic amines is 2. The monoisotopic (exact) mass is 424 g/mol. The highest BCUT2D eigenvalue weighted by atomic mass is 16.2. The summed E-state index contributed by atoms with van der Waals surface area (Å²) in [4.78, 5) is 25.9. The summed E-state index contributed by atoms with van der Waals surface area (Å²) in [7, 11) is 0. The van der Waals surface area contributed by atoms with Crippen LogP contribution in [0.2, 0.25) is 0 Å². The van der Waals surface area contributed by atoms with Gasteiger partial charge in [-0.1, -0.05) is 38.1 Å². The lowest BCUT2D eigenvalue weighted by Crippen LogP contribution is -2.27. The lowest BCUT2D eigenvalue weighted by Gasteiger charge is -2.15. The molecule has 0 saturated carbocycles. The number of benzene rings is 2. The number of nitrogens with one attached hydrogen (secondary N) is 3. The van der Waals surface area contributed by atoms with Gasteiger partial charge in [0.25, 0.3) is 5.91 Å². The Hall–Kier alpha value is -4.00. The van der Waals surface area contributed by atoms with Crippen molar-refractivity contribution < 1.29 is 4.79 Å². The number of carbonyl (C=O) groups excluding carboxylic acids is 1. The molecular weight excluding hydrogens is 400 g/mol. The van der Waals surface area contributed by atoms with E-state index in [2.05, 4.69) is 56.4 Å². The number of carbonyl (C=O) groups is 1. The normalized spacial score (nSPS) is 12.5. The van der Waals surface area contributed by atoms with Crippen LogP contribution in [-0.2, 0) is 0 Å². The van der Waals surface area contributed by atoms with E-state index in [0.29, 0.717) is 17.0 Å². The summed E-state index contributed by atoms with van der Waals surface area (Å²) in [5.74, 6) is 0.322. The number of aromatic nitrogens is 5. The maximum absolute atomic E-state index is 12.9. The van der Waals surface area contributed by atoms with E-state index in [1.54, 1.807) is 12.4 Å². The predicted octanol–water partition coefficient (Wildman–Crippen LogP) is 5.12. The van der Waals surface area contributed by atoms with E-state index in [9.17, 15) is 4.79 Å². The van der Waals surface area contributed by atoms with Crippen molar-refractivity contribution in [1.29, 1.82) is 0 Å². The van der Waals surface area contributed by atoms with Crippen molar-refractivity contribution >= 4 is 27.8 Å². The van der Waals surface area contributed by atoms with Gasteiger partial charge in [-0.2, -0.15) is 0 Å². The molecule has 5 aromatic rings. The van der Waals surface area contributed by atoms with E-state index in [0.717, 1.165) is 27.7 Å². The summed E-state index contributed by atoms with van der Waals surface area (Å²) >= 11 is 0. The summed E-state index contributed by atoms with van der Waals surface area (Å²) in [6.45, 7) is 6.29. The molecule has 0 saturated heterocycles. The Morgan fingerprint density at radius 1 is 0.906 bits per heavy atom. The van der Waals surface area contributed by atoms with Crippen molar-refractivity contribution in [2.45, 2.75) is 32.7 Å². The predicted molar refractivity (Wildman–Crippen MR) is 125 cm³/mol. The summed E-state index contributed by atoms with van der Waals surface area (Å²) in [6, 6.07) is 15.9. The van der Waals surface area contributed by atoms with Gasteiger partial charge in [0.2, 0.25) is 5.82 Å². The number of pyridine rings is 1. The number of hydrogen-bond acceptors (Lipinski definition) is 4. The van der Waals surface area contributed by atoms with Crippen LogP contribution < -0.4 is 5.32 Å². The minimum atomic E-state index is -0.284. The molecule has 0 aliphatic heterocycles. The van der Waals surface area contributed by atoms with Crippen LogP contribution in [0.4, 0.5) is 0 Å². The van der Waals surface area contributed by atoms with Gasteiger partial charge in [-0.3, -0.25) is 14.9 Å². The molecule has 1 atom stereocenters. The van der Waals surface area contributed by atoms with Crippen molar-refractivity contribution in [2.24, 2.45) is 0 Å². The molecule has 0 unspecified atom stereocenters. The molecule has 3 N–H and O–H groups in total. The molecule has 0 bridgehead atoms. The molecule has 3 aromatic heterocycles. The fourth-order valence-electron chi connectivity index (χ4n) is 3.90. The second-order valence-electron chi connectivity index (χ2n) is 8.31. The Morgan fingerprint density at radius 3 is 2.38 bits per heavy atom. The van der Waals surface area contributed by atoms with Crippen LogP contribution in [0.5, 0.6) is 0 Å². The Kier molecular flexibility index (Phi) is 4.93. The van der Waals surface area contributed by atoms with Crippen molar-refractivity contribution in [3.8, 4) is 11.3 Å². The SMILES string of the molecule is CC(C)c1cccc([C@@H](C)NC(=O)c2nc3cc4[nH][nH]c(-c5ccncc5)c4cc3n2)c1. The molecule has 32 heavy (non-hydrogen) atoms. The molecule has 5 rings (SSSR count). The van der Waals surface area contributed by atoms with Gasteiger partial charge in [0, 0.05) is 23.3 Å². The van der Waals surface area contributed by atoms with Crippen LogP contribution in [0.1, 0.15) is 54.5 Å². The van der Waals surface area contributed by atoms with Gasteiger partial charge in [-0.15, -0.1) is 0 Å². The van der Waals surface area contributed by atoms with E-state index in [4.69, 9.17) is 0 Å². The standard InChI is InChI=1S/C25H24N6O/c1-14(2)17-5-4-6-18(11-17)15(3)27-25(32)24-28-21-12-19-20(13-22(21)29-24)30-31-23(19)16-7-9-26-10-8-16/h4-15,30-31H,1-3H3,(H,27,32)/t15-/m1/s1. The fraction of sp³-hybridized carbons (Fsp3) is 0.200. The summed E-state index contributed by atoms with van der Waals surface area (Å²) in [5.41, 5.74) is 6.52. The molecule has 0 radical (unpaired) electrons. The number of nitrogens with zero attached hydrogens (tertiary/aromatic N) is 3. The van der Waals surface area contributed by atoms with Gasteiger partial charge < -0.3 is 10.4 Å². The van der Waals surface area contributed by atoms with Crippen molar-refractivity contribution in [2.75, 3.05) is 0 Å². The van der Waals surface area contributed by atoms with Gasteiger partial charge in [0.15, 0.2) is 0 Å². The van der Waals surface area contributed by atoms with Gasteiger partial charge >= 0.3 is 0 Å². The van der Waals surface area contributed by atoms with Crippen molar-refractivity contribution in [3.63, 3.8) is 0 Å². The number of imidazole rings is 1. The first-order valence-electron chi connectivity index (χ1n) is 10.7. The maximum atomic E-state index is 12.9. The Labute approximate surface area is 185 Å². The van der Waals surface area contributed by atoms with Crippen LogP contribution in [0.15, 0.2) is 60.9 Å². The highest BCUT2D eigenvalue weighted by Gasteiger charge is 2.18. The minimum absolute atomic E-state index is 0.148. The van der Waals surface area contributed by atoms with E-state index >= 15 is 0 Å². The van der Waals surface area contributed by atoms with Gasteiger partial charge in [0.1, 0.15) is 0 Å². The number of amides is 1. The smallest absolute Gasteiger partial charge is 0.289 e. The number of hydrogen-bond donors (Lipinski definition) is 3. The molecule has 0 spiro atoms. The van der Waals surface area contributed by atoms with Gasteiger partial charge in [0.05, 0.1) is 28.3 Å². The highest BCUT2D eigenvalue weighted by Crippen LogP contribution is 2.29. The summed E-state index contributed by atoms with van der Waals surface area (Å²) < 4.78 is 0. The molecule has 1 amide bonds. The molecule has 7 heteroatoms. The average Bonchev–Trinajstić information content (AvgIpc) is 3.41.